The minimum Gasteiger partial charge on any atom is -0.391 e. The van der Waals surface area contributed by atoms with Crippen molar-refractivity contribution < 1.29 is 9.90 Å². The summed E-state index contributed by atoms with van der Waals surface area (Å²) >= 11 is 0. The molecule has 0 aromatic heterocycles. The molecule has 4 heteroatoms. The molecule has 98 valence electrons. The van der Waals surface area contributed by atoms with Crippen molar-refractivity contribution >= 4 is 5.91 Å². The molecule has 2 rings (SSSR count). The lowest BCUT2D eigenvalue weighted by Crippen LogP contribution is -2.46. The standard InChI is InChI=1S/C13H24N2O2/c1-15(11-4-2-3-5-12(11)16)13(17)8-9-14-10-6-7-10/h10-12,14,16H,2-9H2,1H3. The van der Waals surface area contributed by atoms with Crippen LogP contribution in [0.1, 0.15) is 44.9 Å². The topological polar surface area (TPSA) is 52.6 Å². The Balaban J connectivity index is 1.72. The van der Waals surface area contributed by atoms with Gasteiger partial charge in [-0.15, -0.1) is 0 Å². The number of nitrogens with one attached hydrogen (secondary N) is 1. The van der Waals surface area contributed by atoms with E-state index in [1.807, 2.05) is 7.05 Å². The number of aliphatic hydroxyl groups is 1. The van der Waals surface area contributed by atoms with E-state index in [0.29, 0.717) is 12.5 Å². The van der Waals surface area contributed by atoms with Crippen LogP contribution in [-0.2, 0) is 4.79 Å². The normalized spacial score (nSPS) is 29.1. The highest BCUT2D eigenvalue weighted by atomic mass is 16.3. The van der Waals surface area contributed by atoms with Gasteiger partial charge in [-0.3, -0.25) is 4.79 Å². The van der Waals surface area contributed by atoms with Crippen LogP contribution < -0.4 is 5.32 Å². The van der Waals surface area contributed by atoms with E-state index in [9.17, 15) is 9.90 Å². The zero-order valence-electron chi connectivity index (χ0n) is 10.7. The molecule has 2 fully saturated rings. The maximum Gasteiger partial charge on any atom is 0.223 e. The fourth-order valence-electron chi connectivity index (χ4n) is 2.58. The van der Waals surface area contributed by atoms with E-state index in [-0.39, 0.29) is 18.1 Å². The van der Waals surface area contributed by atoms with Gasteiger partial charge in [0, 0.05) is 26.1 Å². The third kappa shape index (κ3) is 3.68. The van der Waals surface area contributed by atoms with Gasteiger partial charge in [0.2, 0.25) is 5.91 Å². The average Bonchev–Trinajstić information content (AvgIpc) is 3.13. The second kappa shape index (κ2) is 5.83. The Hall–Kier alpha value is -0.610. The van der Waals surface area contributed by atoms with E-state index < -0.39 is 0 Å². The summed E-state index contributed by atoms with van der Waals surface area (Å²) in [5.41, 5.74) is 0. The summed E-state index contributed by atoms with van der Waals surface area (Å²) in [4.78, 5) is 13.7. The van der Waals surface area contributed by atoms with Gasteiger partial charge >= 0.3 is 0 Å². The van der Waals surface area contributed by atoms with Crippen molar-refractivity contribution in [2.75, 3.05) is 13.6 Å². The van der Waals surface area contributed by atoms with Crippen LogP contribution in [0.25, 0.3) is 0 Å². The van der Waals surface area contributed by atoms with Crippen LogP contribution >= 0.6 is 0 Å². The molecular formula is C13H24N2O2. The van der Waals surface area contributed by atoms with Gasteiger partial charge in [0.25, 0.3) is 0 Å². The largest absolute Gasteiger partial charge is 0.391 e. The molecule has 2 saturated carbocycles. The highest BCUT2D eigenvalue weighted by Gasteiger charge is 2.29. The van der Waals surface area contributed by atoms with Crippen LogP contribution in [0.2, 0.25) is 0 Å². The number of carbonyl (C=O) groups excluding carboxylic acids is 1. The number of likely N-dealkylation sites (N-methyl/N-ethyl adjacent to an activating group) is 1. The first kappa shape index (κ1) is 12.8. The lowest BCUT2D eigenvalue weighted by molar-refractivity contribution is -0.135. The Labute approximate surface area is 103 Å². The van der Waals surface area contributed by atoms with Crippen LogP contribution in [0.15, 0.2) is 0 Å². The number of rotatable bonds is 5. The summed E-state index contributed by atoms with van der Waals surface area (Å²) < 4.78 is 0. The number of aliphatic hydroxyl groups excluding tert-OH is 1. The van der Waals surface area contributed by atoms with Crippen LogP contribution in [0.3, 0.4) is 0 Å². The zero-order chi connectivity index (χ0) is 12.3. The molecule has 0 heterocycles. The van der Waals surface area contributed by atoms with E-state index in [1.165, 1.54) is 12.8 Å². The Morgan fingerprint density at radius 3 is 2.65 bits per heavy atom. The van der Waals surface area contributed by atoms with E-state index in [0.717, 1.165) is 32.2 Å². The molecule has 0 aromatic carbocycles. The maximum atomic E-state index is 12.0. The van der Waals surface area contributed by atoms with Crippen LogP contribution in [-0.4, -0.2) is 47.7 Å². The van der Waals surface area contributed by atoms with Crippen molar-refractivity contribution in [3.8, 4) is 0 Å². The van der Waals surface area contributed by atoms with Crippen LogP contribution in [0.5, 0.6) is 0 Å². The number of amides is 1. The molecule has 0 aliphatic heterocycles. The molecule has 2 atom stereocenters. The molecule has 0 radical (unpaired) electrons. The molecule has 0 spiro atoms. The first-order valence-corrected chi connectivity index (χ1v) is 6.85. The molecule has 4 nitrogen and oxygen atoms in total. The fraction of sp³-hybridized carbons (Fsp3) is 0.923. The Kier molecular flexibility index (Phi) is 4.40. The molecule has 0 saturated heterocycles. The Morgan fingerprint density at radius 1 is 1.29 bits per heavy atom. The van der Waals surface area contributed by atoms with Gasteiger partial charge in [-0.2, -0.15) is 0 Å². The van der Waals surface area contributed by atoms with E-state index >= 15 is 0 Å². The highest BCUT2D eigenvalue weighted by molar-refractivity contribution is 5.76. The van der Waals surface area contributed by atoms with Gasteiger partial charge in [-0.25, -0.2) is 0 Å². The molecule has 17 heavy (non-hydrogen) atoms. The fourth-order valence-corrected chi connectivity index (χ4v) is 2.58. The number of hydrogen-bond donors (Lipinski definition) is 2. The summed E-state index contributed by atoms with van der Waals surface area (Å²) in [7, 11) is 1.83. The van der Waals surface area contributed by atoms with Crippen molar-refractivity contribution in [2.24, 2.45) is 0 Å². The molecule has 2 unspecified atom stereocenters. The molecular weight excluding hydrogens is 216 g/mol. The summed E-state index contributed by atoms with van der Waals surface area (Å²) in [5, 5.41) is 13.2. The van der Waals surface area contributed by atoms with Gasteiger partial charge in [-0.1, -0.05) is 12.8 Å². The summed E-state index contributed by atoms with van der Waals surface area (Å²) in [5.74, 6) is 0.157. The predicted molar refractivity (Wildman–Crippen MR) is 66.7 cm³/mol. The number of hydrogen-bond acceptors (Lipinski definition) is 3. The number of carbonyl (C=O) groups is 1. The smallest absolute Gasteiger partial charge is 0.223 e. The second-order valence-electron chi connectivity index (χ2n) is 5.40. The minimum absolute atomic E-state index is 0.0391. The lowest BCUT2D eigenvalue weighted by atomic mass is 9.91. The van der Waals surface area contributed by atoms with E-state index in [1.54, 1.807) is 4.90 Å². The lowest BCUT2D eigenvalue weighted by Gasteiger charge is -2.35. The maximum absolute atomic E-state index is 12.0. The first-order chi connectivity index (χ1) is 8.18. The monoisotopic (exact) mass is 240 g/mol. The second-order valence-corrected chi connectivity index (χ2v) is 5.40. The van der Waals surface area contributed by atoms with Gasteiger partial charge < -0.3 is 15.3 Å². The predicted octanol–water partition coefficient (Wildman–Crippen LogP) is 0.890. The van der Waals surface area contributed by atoms with Gasteiger partial charge in [0.1, 0.15) is 0 Å². The quantitative estimate of drug-likeness (QED) is 0.750. The van der Waals surface area contributed by atoms with Gasteiger partial charge in [0.05, 0.1) is 12.1 Å². The van der Waals surface area contributed by atoms with Crippen LogP contribution in [0.4, 0.5) is 0 Å². The molecule has 2 aliphatic rings. The van der Waals surface area contributed by atoms with E-state index in [2.05, 4.69) is 5.32 Å². The van der Waals surface area contributed by atoms with Gasteiger partial charge in [0.15, 0.2) is 0 Å². The Bertz CT molecular complexity index is 266. The molecule has 0 bridgehead atoms. The third-order valence-corrected chi connectivity index (χ3v) is 3.93. The summed E-state index contributed by atoms with van der Waals surface area (Å²) in [6.07, 6.45) is 6.73. The SMILES string of the molecule is CN(C(=O)CCNC1CC1)C1CCCCC1O. The van der Waals surface area contributed by atoms with Crippen molar-refractivity contribution in [1.82, 2.24) is 10.2 Å². The van der Waals surface area contributed by atoms with Gasteiger partial charge in [-0.05, 0) is 25.7 Å². The third-order valence-electron chi connectivity index (χ3n) is 3.93. The summed E-state index contributed by atoms with van der Waals surface area (Å²) in [6.45, 7) is 0.774. The van der Waals surface area contributed by atoms with Crippen molar-refractivity contribution in [3.05, 3.63) is 0 Å². The van der Waals surface area contributed by atoms with Crippen LogP contribution in [0, 0.1) is 0 Å². The molecule has 2 aliphatic carbocycles. The zero-order valence-corrected chi connectivity index (χ0v) is 10.7. The van der Waals surface area contributed by atoms with Crippen molar-refractivity contribution in [3.63, 3.8) is 0 Å². The summed E-state index contributed by atoms with van der Waals surface area (Å²) in [6, 6.07) is 0.700. The van der Waals surface area contributed by atoms with E-state index in [4.69, 9.17) is 0 Å². The van der Waals surface area contributed by atoms with Crippen molar-refractivity contribution in [2.45, 2.75) is 63.1 Å². The molecule has 0 aromatic rings. The first-order valence-electron chi connectivity index (χ1n) is 6.85. The average molecular weight is 240 g/mol. The highest BCUT2D eigenvalue weighted by Crippen LogP contribution is 2.23. The molecule has 2 N–H and O–H groups in total. The Morgan fingerprint density at radius 2 is 2.00 bits per heavy atom. The molecule has 1 amide bonds. The minimum atomic E-state index is -0.325. The number of nitrogens with zero attached hydrogens (tertiary/aromatic N) is 1. The van der Waals surface area contributed by atoms with Crippen molar-refractivity contribution in [1.29, 1.82) is 0 Å².